The Labute approximate surface area is 172 Å². The zero-order valence-electron chi connectivity index (χ0n) is 15.4. The first kappa shape index (κ1) is 20.4. The number of thiophene rings is 1. The zero-order chi connectivity index (χ0) is 19.8. The lowest BCUT2D eigenvalue weighted by Crippen LogP contribution is -2.18. The van der Waals surface area contributed by atoms with E-state index in [1.165, 1.54) is 23.5 Å². The van der Waals surface area contributed by atoms with E-state index in [2.05, 4.69) is 27.6 Å². The van der Waals surface area contributed by atoms with E-state index in [9.17, 15) is 13.2 Å². The van der Waals surface area contributed by atoms with Crippen molar-refractivity contribution in [1.82, 2.24) is 0 Å². The topological polar surface area (TPSA) is 72.5 Å². The molecule has 1 atom stereocenters. The van der Waals surface area contributed by atoms with Crippen LogP contribution in [0, 0.1) is 5.92 Å². The van der Waals surface area contributed by atoms with Crippen LogP contribution in [0.2, 0.25) is 0 Å². The van der Waals surface area contributed by atoms with Crippen LogP contribution in [0.4, 0.5) is 5.00 Å². The van der Waals surface area contributed by atoms with Gasteiger partial charge in [0.1, 0.15) is 5.00 Å². The summed E-state index contributed by atoms with van der Waals surface area (Å²) in [5, 5.41) is 0.350. The summed E-state index contributed by atoms with van der Waals surface area (Å²) < 4.78 is 34.4. The van der Waals surface area contributed by atoms with Crippen molar-refractivity contribution in [3.8, 4) is 0 Å². The number of esters is 1. The molecule has 0 bridgehead atoms. The van der Waals surface area contributed by atoms with Crippen molar-refractivity contribution in [2.75, 3.05) is 4.72 Å². The third kappa shape index (κ3) is 4.55. The predicted molar refractivity (Wildman–Crippen MR) is 111 cm³/mol. The van der Waals surface area contributed by atoms with Gasteiger partial charge in [0, 0.05) is 9.35 Å². The first-order valence-electron chi connectivity index (χ1n) is 8.81. The molecule has 0 spiro atoms. The van der Waals surface area contributed by atoms with Crippen LogP contribution in [0.5, 0.6) is 0 Å². The number of carbonyl (C=O) groups is 1. The van der Waals surface area contributed by atoms with Crippen molar-refractivity contribution >= 4 is 48.3 Å². The van der Waals surface area contributed by atoms with E-state index in [0.717, 1.165) is 34.2 Å². The number of ether oxygens (including phenoxy) is 1. The first-order chi connectivity index (χ1) is 12.7. The van der Waals surface area contributed by atoms with Crippen LogP contribution in [0.3, 0.4) is 0 Å². The van der Waals surface area contributed by atoms with E-state index in [1.807, 2.05) is 0 Å². The van der Waals surface area contributed by atoms with E-state index in [4.69, 9.17) is 4.74 Å². The fourth-order valence-electron chi connectivity index (χ4n) is 3.11. The number of fused-ring (bicyclic) bond motifs is 1. The fourth-order valence-corrected chi connectivity index (χ4v) is 6.08. The number of hydrogen-bond donors (Lipinski definition) is 1. The van der Waals surface area contributed by atoms with Crippen LogP contribution in [-0.2, 0) is 27.6 Å². The molecule has 1 heterocycles. The molecule has 1 unspecified atom stereocenters. The Bertz CT molecular complexity index is 949. The van der Waals surface area contributed by atoms with Gasteiger partial charge in [0.2, 0.25) is 0 Å². The molecule has 3 rings (SSSR count). The largest absolute Gasteiger partial charge is 0.459 e. The van der Waals surface area contributed by atoms with E-state index in [1.54, 1.807) is 26.0 Å². The summed E-state index contributed by atoms with van der Waals surface area (Å²) in [5.41, 5.74) is 1.30. The van der Waals surface area contributed by atoms with Gasteiger partial charge < -0.3 is 4.74 Å². The zero-order valence-corrected chi connectivity index (χ0v) is 18.6. The molecule has 146 valence electrons. The van der Waals surface area contributed by atoms with Crippen LogP contribution in [0.15, 0.2) is 33.6 Å². The molecule has 0 saturated carbocycles. The second-order valence-corrected chi connectivity index (χ2v) is 10.8. The van der Waals surface area contributed by atoms with Gasteiger partial charge in [0.25, 0.3) is 10.0 Å². The van der Waals surface area contributed by atoms with E-state index >= 15 is 0 Å². The second kappa shape index (κ2) is 7.93. The molecule has 2 aromatic rings. The SMILES string of the molecule is CC1CCc2c(sc(NS(=O)(=O)c3ccc(Br)cc3)c2C(=O)OC(C)C)C1. The van der Waals surface area contributed by atoms with Crippen LogP contribution < -0.4 is 4.72 Å². The summed E-state index contributed by atoms with van der Waals surface area (Å²) in [6.07, 6.45) is 2.31. The fraction of sp³-hybridized carbons (Fsp3) is 0.421. The standard InChI is InChI=1S/C19H22BrNO4S2/c1-11(2)25-19(22)17-15-9-4-12(3)10-16(15)26-18(17)21-27(23,24)14-7-5-13(20)6-8-14/h5-8,11-12,21H,4,9-10H2,1-3H3. The van der Waals surface area contributed by atoms with Crippen molar-refractivity contribution in [2.45, 2.75) is 51.0 Å². The van der Waals surface area contributed by atoms with Crippen LogP contribution >= 0.6 is 27.3 Å². The van der Waals surface area contributed by atoms with Gasteiger partial charge in [-0.15, -0.1) is 11.3 Å². The first-order valence-corrected chi connectivity index (χ1v) is 11.9. The molecule has 1 aliphatic rings. The Balaban J connectivity index is 2.01. The van der Waals surface area contributed by atoms with Gasteiger partial charge in [-0.2, -0.15) is 0 Å². The van der Waals surface area contributed by atoms with Gasteiger partial charge in [-0.25, -0.2) is 13.2 Å². The average molecular weight is 472 g/mol. The Kier molecular flexibility index (Phi) is 5.98. The van der Waals surface area contributed by atoms with E-state index in [0.29, 0.717) is 16.5 Å². The summed E-state index contributed by atoms with van der Waals surface area (Å²) in [4.78, 5) is 13.9. The summed E-state index contributed by atoms with van der Waals surface area (Å²) in [6, 6.07) is 6.38. The Hall–Kier alpha value is -1.38. The second-order valence-electron chi connectivity index (χ2n) is 7.07. The van der Waals surface area contributed by atoms with Gasteiger partial charge >= 0.3 is 5.97 Å². The van der Waals surface area contributed by atoms with Crippen LogP contribution in [0.25, 0.3) is 0 Å². The minimum Gasteiger partial charge on any atom is -0.459 e. The normalized spacial score (nSPS) is 16.9. The van der Waals surface area contributed by atoms with Crippen LogP contribution in [-0.4, -0.2) is 20.5 Å². The molecule has 5 nitrogen and oxygen atoms in total. The van der Waals surface area contributed by atoms with Crippen LogP contribution in [0.1, 0.15) is 48.0 Å². The number of nitrogens with one attached hydrogen (secondary N) is 1. The Morgan fingerprint density at radius 2 is 1.96 bits per heavy atom. The number of rotatable bonds is 5. The highest BCUT2D eigenvalue weighted by Gasteiger charge is 2.31. The van der Waals surface area contributed by atoms with Gasteiger partial charge in [-0.3, -0.25) is 4.72 Å². The minimum atomic E-state index is -3.80. The van der Waals surface area contributed by atoms with Gasteiger partial charge in [0.05, 0.1) is 16.6 Å². The predicted octanol–water partition coefficient (Wildman–Crippen LogP) is 5.00. The minimum absolute atomic E-state index is 0.147. The molecule has 1 aromatic heterocycles. The lowest BCUT2D eigenvalue weighted by molar-refractivity contribution is 0.0378. The van der Waals surface area contributed by atoms with Crippen molar-refractivity contribution < 1.29 is 17.9 Å². The maximum absolute atomic E-state index is 12.8. The van der Waals surface area contributed by atoms with Crippen molar-refractivity contribution in [3.05, 3.63) is 44.7 Å². The van der Waals surface area contributed by atoms with Crippen molar-refractivity contribution in [1.29, 1.82) is 0 Å². The third-order valence-electron chi connectivity index (χ3n) is 4.41. The summed E-state index contributed by atoms with van der Waals surface area (Å²) in [5.74, 6) is 0.0478. The number of anilines is 1. The van der Waals surface area contributed by atoms with E-state index in [-0.39, 0.29) is 11.0 Å². The Morgan fingerprint density at radius 1 is 1.30 bits per heavy atom. The number of carbonyl (C=O) groups excluding carboxylic acids is 1. The summed E-state index contributed by atoms with van der Waals surface area (Å²) in [6.45, 7) is 5.73. The molecule has 27 heavy (non-hydrogen) atoms. The van der Waals surface area contributed by atoms with E-state index < -0.39 is 16.0 Å². The highest BCUT2D eigenvalue weighted by atomic mass is 79.9. The monoisotopic (exact) mass is 471 g/mol. The maximum atomic E-state index is 12.8. The molecular formula is C19H22BrNO4S2. The third-order valence-corrected chi connectivity index (χ3v) is 7.60. The van der Waals surface area contributed by atoms with Crippen molar-refractivity contribution in [2.24, 2.45) is 5.92 Å². The van der Waals surface area contributed by atoms with Gasteiger partial charge in [0.15, 0.2) is 0 Å². The molecule has 8 heteroatoms. The highest BCUT2D eigenvalue weighted by Crippen LogP contribution is 2.41. The molecule has 0 fully saturated rings. The molecule has 1 N–H and O–H groups in total. The molecule has 0 aliphatic heterocycles. The summed E-state index contributed by atoms with van der Waals surface area (Å²) in [7, 11) is -3.80. The number of halogens is 1. The maximum Gasteiger partial charge on any atom is 0.341 e. The number of hydrogen-bond acceptors (Lipinski definition) is 5. The summed E-state index contributed by atoms with van der Waals surface area (Å²) >= 11 is 4.65. The molecule has 0 radical (unpaired) electrons. The average Bonchev–Trinajstić information content (AvgIpc) is 2.90. The molecule has 0 saturated heterocycles. The molecule has 0 amide bonds. The smallest absolute Gasteiger partial charge is 0.341 e. The molecule has 1 aliphatic carbocycles. The van der Waals surface area contributed by atoms with Gasteiger partial charge in [-0.1, -0.05) is 22.9 Å². The number of benzene rings is 1. The highest BCUT2D eigenvalue weighted by molar-refractivity contribution is 9.10. The molecule has 1 aromatic carbocycles. The lowest BCUT2D eigenvalue weighted by Gasteiger charge is -2.19. The molecular weight excluding hydrogens is 450 g/mol. The number of sulfonamides is 1. The van der Waals surface area contributed by atoms with Gasteiger partial charge in [-0.05, 0) is 68.9 Å². The lowest BCUT2D eigenvalue weighted by atomic mass is 9.88. The quantitative estimate of drug-likeness (QED) is 0.622. The Morgan fingerprint density at radius 3 is 2.59 bits per heavy atom. The van der Waals surface area contributed by atoms with Crippen molar-refractivity contribution in [3.63, 3.8) is 0 Å².